The highest BCUT2D eigenvalue weighted by atomic mass is 32.1. The number of β-amino-alcohol motifs (C(OH)–C–C–N with tert-alkyl or cyclic N) is 1. The Kier molecular flexibility index (Phi) is 20.4. The van der Waals surface area contributed by atoms with Gasteiger partial charge in [0, 0.05) is 62.6 Å². The Morgan fingerprint density at radius 2 is 1.48 bits per heavy atom. The molecule has 10 rings (SSSR count). The predicted molar refractivity (Wildman–Crippen MR) is 342 cm³/mol. The number of halogens is 1. The lowest BCUT2D eigenvalue weighted by Crippen LogP contribution is -2.59. The van der Waals surface area contributed by atoms with Gasteiger partial charge in [0.1, 0.15) is 23.2 Å². The zero-order chi connectivity index (χ0) is 62.8. The second kappa shape index (κ2) is 28.5. The molecule has 3 aromatic heterocycles. The van der Waals surface area contributed by atoms with E-state index >= 15 is 0 Å². The number of carbonyl (C=O) groups excluding carboxylic acids is 5. The molecule has 0 bridgehead atoms. The lowest BCUT2D eigenvalue weighted by molar-refractivity contribution is -0.145. The number of hydrogen-bond donors (Lipinski definition) is 7. The number of likely N-dealkylation sites (tertiary alicyclic amines) is 1. The molecular weight excluding hydrogens is 1140 g/mol. The number of hydrogen-bond acceptors (Lipinski definition) is 11. The van der Waals surface area contributed by atoms with Crippen LogP contribution in [0, 0.1) is 29.6 Å². The minimum absolute atomic E-state index is 0.0653. The molecule has 0 radical (unpaired) electrons. The van der Waals surface area contributed by atoms with Crippen LogP contribution in [0.3, 0.4) is 0 Å². The number of nitrogens with one attached hydrogen (secondary N) is 5. The van der Waals surface area contributed by atoms with Crippen LogP contribution in [0.4, 0.5) is 4.39 Å². The molecule has 4 heterocycles. The van der Waals surface area contributed by atoms with Crippen LogP contribution in [0.2, 0.25) is 0 Å². The highest BCUT2D eigenvalue weighted by Crippen LogP contribution is 2.42. The number of alkyl halides is 1. The first-order valence-corrected chi connectivity index (χ1v) is 32.1. The van der Waals surface area contributed by atoms with E-state index in [2.05, 4.69) is 79.1 Å². The molecule has 19 heteroatoms. The second-order valence-electron chi connectivity index (χ2n) is 25.1. The van der Waals surface area contributed by atoms with E-state index in [9.17, 15) is 44.0 Å². The van der Waals surface area contributed by atoms with Gasteiger partial charge in [0.25, 0.3) is 5.91 Å². The number of nitrogens with zero attached hydrogens (tertiary/aromatic N) is 5. The van der Waals surface area contributed by atoms with Crippen LogP contribution >= 0.6 is 11.3 Å². The van der Waals surface area contributed by atoms with E-state index in [1.807, 2.05) is 90.6 Å². The summed E-state index contributed by atoms with van der Waals surface area (Å²) in [6, 6.07) is 33.3. The Hall–Kier alpha value is -8.31. The molecule has 5 amide bonds. The summed E-state index contributed by atoms with van der Waals surface area (Å²) in [5.41, 5.74) is 8.43. The maximum atomic E-state index is 14.8. The standard InChI is InChI=1S/C70H81FN10O7S/c1-45-62(89-44-76-45)51-28-26-48(27-29-51)55(77-66(86)56-39-54(83)42-79(56)67(87)63(69(2,3)4)78-68(88)70(71)34-35-70)40-58(85)74-37-16-14-25-57(84)73-36-15-6-5-9-18-46-19-17-20-47(38-46)41-80-61(50-23-12-8-13-24-50)59(49-21-10-7-11-22-49)60-64(72)81(43-75-65(60)80)52-30-32-53(82)33-31-52/h7-8,10-13,17,19-24,26-29,38,43-44,52-56,63,72,82-83H,5-6,14-16,25,30-37,39-42H2,1-4H3,(H,73,84)(H,74,85)(H,77,86)(H,78,88)/t52?,53?,54-,55+,56+,63?/m1/s1. The first kappa shape index (κ1) is 63.7. The maximum absolute atomic E-state index is 14.8. The topological polar surface area (TPSA) is 237 Å². The number of aryl methyl sites for hydroxylation is 1. The fourth-order valence-electron chi connectivity index (χ4n) is 12.1. The van der Waals surface area contributed by atoms with E-state index in [1.54, 1.807) is 26.3 Å². The van der Waals surface area contributed by atoms with E-state index in [-0.39, 0.29) is 56.2 Å². The smallest absolute Gasteiger partial charge is 0.258 e. The van der Waals surface area contributed by atoms with Gasteiger partial charge in [0.15, 0.2) is 5.67 Å². The highest BCUT2D eigenvalue weighted by molar-refractivity contribution is 7.13. The number of aliphatic hydroxyl groups excluding tert-OH is 2. The Morgan fingerprint density at radius 1 is 0.798 bits per heavy atom. The van der Waals surface area contributed by atoms with Gasteiger partial charge in [-0.25, -0.2) is 14.4 Å². The number of benzene rings is 4. The van der Waals surface area contributed by atoms with Crippen molar-refractivity contribution in [1.29, 1.82) is 5.41 Å². The van der Waals surface area contributed by atoms with Crippen molar-refractivity contribution >= 4 is 51.9 Å². The van der Waals surface area contributed by atoms with Gasteiger partial charge in [-0.1, -0.05) is 130 Å². The fourth-order valence-corrected chi connectivity index (χ4v) is 13.0. The van der Waals surface area contributed by atoms with Crippen LogP contribution in [0.15, 0.2) is 121 Å². The van der Waals surface area contributed by atoms with Gasteiger partial charge in [-0.3, -0.25) is 29.4 Å². The molecule has 1 aliphatic heterocycles. The molecule has 7 N–H and O–H groups in total. The lowest BCUT2D eigenvalue weighted by atomic mass is 9.85. The molecule has 4 atom stereocenters. The maximum Gasteiger partial charge on any atom is 0.258 e. The van der Waals surface area contributed by atoms with Crippen LogP contribution in [-0.4, -0.2) is 113 Å². The summed E-state index contributed by atoms with van der Waals surface area (Å²) < 4.78 is 19.0. The largest absolute Gasteiger partial charge is 0.393 e. The van der Waals surface area contributed by atoms with Gasteiger partial charge >= 0.3 is 0 Å². The Bertz CT molecular complexity index is 3780. The fraction of sp³-hybridized carbons (Fsp3) is 0.429. The number of unbranched alkanes of at least 4 members (excludes halogenated alkanes) is 3. The van der Waals surface area contributed by atoms with E-state index in [0.717, 1.165) is 86.4 Å². The van der Waals surface area contributed by atoms with Crippen molar-refractivity contribution in [2.45, 2.75) is 166 Å². The number of aliphatic hydroxyl groups is 2. The van der Waals surface area contributed by atoms with Crippen molar-refractivity contribution in [2.24, 2.45) is 5.41 Å². The molecule has 3 aliphatic rings. The summed E-state index contributed by atoms with van der Waals surface area (Å²) in [7, 11) is 0. The van der Waals surface area contributed by atoms with Gasteiger partial charge in [0.2, 0.25) is 23.6 Å². The van der Waals surface area contributed by atoms with Crippen molar-refractivity contribution in [2.75, 3.05) is 19.6 Å². The summed E-state index contributed by atoms with van der Waals surface area (Å²) >= 11 is 1.50. The zero-order valence-corrected chi connectivity index (χ0v) is 52.0. The third-order valence-electron chi connectivity index (χ3n) is 17.3. The number of rotatable bonds is 23. The van der Waals surface area contributed by atoms with Gasteiger partial charge in [-0.2, -0.15) is 0 Å². The predicted octanol–water partition coefficient (Wildman–Crippen LogP) is 9.77. The summed E-state index contributed by atoms with van der Waals surface area (Å²) in [5.74, 6) is 4.23. The SMILES string of the molecule is Cc1ncsc1-c1ccc([C@H](CC(=O)NCCCCC(=O)NCCCCC#Cc2cccc(Cn3c(-c4ccccc4)c(-c4ccccc4)c4c(=N)n(C5CCC(O)CC5)cnc43)c2)NC(=O)[C@@H]2C[C@@H](O)CN2C(=O)C(NC(=O)C2(F)CC2)C(C)(C)C)cc1. The molecule has 2 aliphatic carbocycles. The molecule has 89 heavy (non-hydrogen) atoms. The van der Waals surface area contributed by atoms with Crippen LogP contribution in [0.1, 0.15) is 145 Å². The summed E-state index contributed by atoms with van der Waals surface area (Å²) in [5, 5.41) is 43.1. The average Bonchev–Trinajstić information content (AvgIpc) is 1.76. The molecule has 3 fully saturated rings. The highest BCUT2D eigenvalue weighted by Gasteiger charge is 2.53. The number of fused-ring (bicyclic) bond motifs is 1. The van der Waals surface area contributed by atoms with E-state index in [4.69, 9.17) is 4.98 Å². The van der Waals surface area contributed by atoms with Crippen molar-refractivity contribution in [1.82, 2.24) is 45.3 Å². The van der Waals surface area contributed by atoms with Gasteiger partial charge < -0.3 is 45.5 Å². The first-order valence-electron chi connectivity index (χ1n) is 31.2. The van der Waals surface area contributed by atoms with E-state index in [0.29, 0.717) is 69.2 Å². The lowest BCUT2D eigenvalue weighted by Gasteiger charge is -2.36. The molecular formula is C70H81FN10O7S. The van der Waals surface area contributed by atoms with Gasteiger partial charge in [-0.05, 0) is 116 Å². The summed E-state index contributed by atoms with van der Waals surface area (Å²) in [6.07, 6.45) is 7.02. The molecule has 17 nitrogen and oxygen atoms in total. The third kappa shape index (κ3) is 15.6. The van der Waals surface area contributed by atoms with E-state index < -0.39 is 53.0 Å². The van der Waals surface area contributed by atoms with Gasteiger partial charge in [-0.15, -0.1) is 11.3 Å². The van der Waals surface area contributed by atoms with Crippen molar-refractivity contribution in [3.63, 3.8) is 0 Å². The van der Waals surface area contributed by atoms with Crippen LogP contribution in [-0.2, 0) is 30.5 Å². The van der Waals surface area contributed by atoms with Gasteiger partial charge in [0.05, 0.1) is 58.2 Å². The molecule has 1 unspecified atom stereocenters. The van der Waals surface area contributed by atoms with Crippen molar-refractivity contribution in [3.05, 3.63) is 149 Å². The average molecular weight is 1230 g/mol. The molecule has 466 valence electrons. The minimum Gasteiger partial charge on any atom is -0.393 e. The summed E-state index contributed by atoms with van der Waals surface area (Å²) in [4.78, 5) is 79.4. The molecule has 2 saturated carbocycles. The Balaban J connectivity index is 0.701. The Morgan fingerprint density at radius 3 is 2.16 bits per heavy atom. The first-order chi connectivity index (χ1) is 42.8. The molecule has 4 aromatic carbocycles. The normalized spacial score (nSPS) is 18.5. The molecule has 7 aromatic rings. The monoisotopic (exact) mass is 1220 g/mol. The van der Waals surface area contributed by atoms with Crippen molar-refractivity contribution in [3.8, 4) is 44.7 Å². The number of carbonyl (C=O) groups is 5. The van der Waals surface area contributed by atoms with Crippen molar-refractivity contribution < 1.29 is 38.6 Å². The Labute approximate surface area is 523 Å². The van der Waals surface area contributed by atoms with Crippen LogP contribution in [0.5, 0.6) is 0 Å². The van der Waals surface area contributed by atoms with Crippen LogP contribution in [0.25, 0.3) is 43.9 Å². The summed E-state index contributed by atoms with van der Waals surface area (Å²) in [6.45, 7) is 8.31. The third-order valence-corrected chi connectivity index (χ3v) is 18.3. The zero-order valence-electron chi connectivity index (χ0n) is 51.2. The quantitative estimate of drug-likeness (QED) is 0.0238. The number of aromatic nitrogens is 4. The molecule has 0 spiro atoms. The molecule has 1 saturated heterocycles. The van der Waals surface area contributed by atoms with Crippen LogP contribution < -0.4 is 26.8 Å². The minimum atomic E-state index is -2.02. The second-order valence-corrected chi connectivity index (χ2v) is 26.0. The number of amides is 5. The van der Waals surface area contributed by atoms with E-state index in [1.165, 1.54) is 16.2 Å². The number of thiazole rings is 1.